The van der Waals surface area contributed by atoms with E-state index in [-0.39, 0.29) is 24.3 Å². The summed E-state index contributed by atoms with van der Waals surface area (Å²) in [5.41, 5.74) is 2.05. The molecule has 7 nitrogen and oxygen atoms in total. The van der Waals surface area contributed by atoms with Crippen molar-refractivity contribution in [2.24, 2.45) is 5.92 Å². The van der Waals surface area contributed by atoms with E-state index in [1.807, 2.05) is 0 Å². The Hall–Kier alpha value is -1.54. The van der Waals surface area contributed by atoms with Gasteiger partial charge in [-0.1, -0.05) is 19.3 Å². The van der Waals surface area contributed by atoms with E-state index in [0.717, 1.165) is 48.4 Å². The van der Waals surface area contributed by atoms with Crippen molar-refractivity contribution < 1.29 is 14.3 Å². The Morgan fingerprint density at radius 3 is 2.84 bits per heavy atom. The van der Waals surface area contributed by atoms with Crippen LogP contribution in [-0.4, -0.2) is 41.9 Å². The average Bonchev–Trinajstić information content (AvgIpc) is 3.19. The van der Waals surface area contributed by atoms with Crippen LogP contribution in [0.2, 0.25) is 0 Å². The van der Waals surface area contributed by atoms with Crippen molar-refractivity contribution in [3.63, 3.8) is 0 Å². The lowest BCUT2D eigenvalue weighted by Crippen LogP contribution is -2.32. The lowest BCUT2D eigenvalue weighted by Gasteiger charge is -2.21. The molecule has 0 atom stereocenters. The van der Waals surface area contributed by atoms with Crippen molar-refractivity contribution in [2.75, 3.05) is 25.6 Å². The van der Waals surface area contributed by atoms with E-state index in [1.54, 1.807) is 23.6 Å². The van der Waals surface area contributed by atoms with E-state index in [9.17, 15) is 9.59 Å². The lowest BCUT2D eigenvalue weighted by atomic mass is 9.88. The van der Waals surface area contributed by atoms with Crippen LogP contribution in [0.3, 0.4) is 0 Å². The highest BCUT2D eigenvalue weighted by Crippen LogP contribution is 2.35. The highest BCUT2D eigenvalue weighted by atomic mass is 32.2. The van der Waals surface area contributed by atoms with Crippen molar-refractivity contribution in [3.05, 3.63) is 11.3 Å². The number of fused-ring (bicyclic) bond motifs is 1. The maximum absolute atomic E-state index is 12.6. The van der Waals surface area contributed by atoms with Crippen LogP contribution in [0.5, 0.6) is 0 Å². The van der Waals surface area contributed by atoms with E-state index in [1.165, 1.54) is 6.42 Å². The number of amides is 2. The van der Waals surface area contributed by atoms with Gasteiger partial charge in [0, 0.05) is 36.6 Å². The molecular weight excluding hydrogens is 340 g/mol. The first-order chi connectivity index (χ1) is 12.2. The predicted molar refractivity (Wildman–Crippen MR) is 97.3 cm³/mol. The van der Waals surface area contributed by atoms with Crippen LogP contribution < -0.4 is 10.6 Å². The Morgan fingerprint density at radius 1 is 1.28 bits per heavy atom. The second-order valence-corrected chi connectivity index (χ2v) is 7.58. The third-order valence-corrected chi connectivity index (χ3v) is 5.73. The number of hydrogen-bond donors (Lipinski definition) is 2. The van der Waals surface area contributed by atoms with Gasteiger partial charge in [0.15, 0.2) is 0 Å². The molecule has 0 unspecified atom stereocenters. The van der Waals surface area contributed by atoms with Gasteiger partial charge in [0.2, 0.25) is 11.8 Å². The number of thioether (sulfide) groups is 1. The summed E-state index contributed by atoms with van der Waals surface area (Å²) in [6.45, 7) is 1.06. The minimum absolute atomic E-state index is 0.0698. The van der Waals surface area contributed by atoms with E-state index in [4.69, 9.17) is 4.74 Å². The monoisotopic (exact) mass is 366 g/mol. The standard InChI is InChI=1S/C17H26N4O3S/c1-24-8-7-18-15(22)9-21-16(13-10-25-11-14(13)20-21)19-17(23)12-5-3-2-4-6-12/h12H,2-11H2,1H3,(H,18,22)(H,19,23). The van der Waals surface area contributed by atoms with Gasteiger partial charge < -0.3 is 15.4 Å². The number of aromatic nitrogens is 2. The molecule has 1 saturated carbocycles. The third kappa shape index (κ3) is 4.55. The number of anilines is 1. The lowest BCUT2D eigenvalue weighted by molar-refractivity contribution is -0.122. The van der Waals surface area contributed by atoms with E-state index < -0.39 is 0 Å². The largest absolute Gasteiger partial charge is 0.383 e. The molecule has 2 aliphatic rings. The summed E-state index contributed by atoms with van der Waals surface area (Å²) < 4.78 is 6.58. The van der Waals surface area contributed by atoms with Crippen molar-refractivity contribution >= 4 is 29.4 Å². The van der Waals surface area contributed by atoms with Crippen molar-refractivity contribution in [1.29, 1.82) is 0 Å². The second-order valence-electron chi connectivity index (χ2n) is 6.59. The normalized spacial score (nSPS) is 17.3. The van der Waals surface area contributed by atoms with Crippen LogP contribution in [0, 0.1) is 5.92 Å². The molecule has 2 heterocycles. The fourth-order valence-electron chi connectivity index (χ4n) is 3.39. The molecule has 1 aromatic rings. The Bertz CT molecular complexity index is 626. The predicted octanol–water partition coefficient (Wildman–Crippen LogP) is 1.91. The first kappa shape index (κ1) is 18.3. The first-order valence-corrected chi connectivity index (χ1v) is 10.1. The zero-order valence-corrected chi connectivity index (χ0v) is 15.5. The Kier molecular flexibility index (Phi) is 6.36. The number of hydrogen-bond acceptors (Lipinski definition) is 5. The summed E-state index contributed by atoms with van der Waals surface area (Å²) in [6, 6.07) is 0. The van der Waals surface area contributed by atoms with Gasteiger partial charge in [-0.2, -0.15) is 16.9 Å². The fourth-order valence-corrected chi connectivity index (χ4v) is 4.42. The molecule has 0 spiro atoms. The highest BCUT2D eigenvalue weighted by molar-refractivity contribution is 7.98. The molecular formula is C17H26N4O3S. The summed E-state index contributed by atoms with van der Waals surface area (Å²) in [7, 11) is 1.60. The quantitative estimate of drug-likeness (QED) is 0.720. The van der Waals surface area contributed by atoms with Gasteiger partial charge in [-0.05, 0) is 12.8 Å². The van der Waals surface area contributed by atoms with Gasteiger partial charge in [0.05, 0.1) is 12.3 Å². The number of carbonyl (C=O) groups excluding carboxylic acids is 2. The number of nitrogens with one attached hydrogen (secondary N) is 2. The molecule has 1 fully saturated rings. The van der Waals surface area contributed by atoms with Crippen molar-refractivity contribution in [1.82, 2.24) is 15.1 Å². The van der Waals surface area contributed by atoms with E-state index in [2.05, 4.69) is 15.7 Å². The topological polar surface area (TPSA) is 85.2 Å². The molecule has 2 amide bonds. The minimum atomic E-state index is -0.126. The molecule has 8 heteroatoms. The first-order valence-electron chi connectivity index (χ1n) is 8.92. The highest BCUT2D eigenvalue weighted by Gasteiger charge is 2.27. The van der Waals surface area contributed by atoms with Crippen LogP contribution >= 0.6 is 11.8 Å². The van der Waals surface area contributed by atoms with Gasteiger partial charge in [-0.15, -0.1) is 0 Å². The minimum Gasteiger partial charge on any atom is -0.383 e. The maximum atomic E-state index is 12.6. The van der Waals surface area contributed by atoms with Gasteiger partial charge in [-0.25, -0.2) is 4.68 Å². The van der Waals surface area contributed by atoms with E-state index >= 15 is 0 Å². The average molecular weight is 366 g/mol. The molecule has 1 aliphatic heterocycles. The second kappa shape index (κ2) is 8.71. The summed E-state index contributed by atoms with van der Waals surface area (Å²) in [6.07, 6.45) is 5.36. The van der Waals surface area contributed by atoms with Gasteiger partial charge in [-0.3, -0.25) is 9.59 Å². The van der Waals surface area contributed by atoms with Crippen LogP contribution in [0.25, 0.3) is 0 Å². The molecule has 1 aromatic heterocycles. The van der Waals surface area contributed by atoms with Crippen LogP contribution in [0.4, 0.5) is 5.82 Å². The molecule has 25 heavy (non-hydrogen) atoms. The number of carbonyl (C=O) groups is 2. The van der Waals surface area contributed by atoms with Gasteiger partial charge in [0.1, 0.15) is 12.4 Å². The maximum Gasteiger partial charge on any atom is 0.241 e. The molecule has 0 bridgehead atoms. The van der Waals surface area contributed by atoms with Crippen molar-refractivity contribution in [2.45, 2.75) is 50.2 Å². The SMILES string of the molecule is COCCNC(=O)Cn1nc2c(c1NC(=O)C1CCCCC1)CSC2. The molecule has 3 rings (SSSR count). The molecule has 138 valence electrons. The Labute approximate surface area is 152 Å². The summed E-state index contributed by atoms with van der Waals surface area (Å²) in [4.78, 5) is 24.7. The Morgan fingerprint density at radius 2 is 2.08 bits per heavy atom. The van der Waals surface area contributed by atoms with Crippen LogP contribution in [-0.2, 0) is 32.4 Å². The zero-order valence-electron chi connectivity index (χ0n) is 14.7. The Balaban J connectivity index is 1.68. The van der Waals surface area contributed by atoms with Crippen molar-refractivity contribution in [3.8, 4) is 0 Å². The summed E-state index contributed by atoms with van der Waals surface area (Å²) in [5, 5.41) is 10.4. The fraction of sp³-hybridized carbons (Fsp3) is 0.706. The zero-order chi connectivity index (χ0) is 17.6. The van der Waals surface area contributed by atoms with Gasteiger partial charge >= 0.3 is 0 Å². The number of nitrogens with zero attached hydrogens (tertiary/aromatic N) is 2. The van der Waals surface area contributed by atoms with Crippen LogP contribution in [0.15, 0.2) is 0 Å². The molecule has 1 aliphatic carbocycles. The van der Waals surface area contributed by atoms with Gasteiger partial charge in [0.25, 0.3) is 0 Å². The molecule has 0 saturated heterocycles. The summed E-state index contributed by atoms with van der Waals surface area (Å²) in [5.74, 6) is 2.40. The molecule has 0 aromatic carbocycles. The number of ether oxygens (including phenoxy) is 1. The van der Waals surface area contributed by atoms with Crippen LogP contribution in [0.1, 0.15) is 43.4 Å². The molecule has 2 N–H and O–H groups in total. The summed E-state index contributed by atoms with van der Waals surface area (Å²) >= 11 is 1.79. The number of methoxy groups -OCH3 is 1. The van der Waals surface area contributed by atoms with E-state index in [0.29, 0.717) is 19.0 Å². The number of rotatable bonds is 7. The smallest absolute Gasteiger partial charge is 0.241 e. The third-order valence-electron chi connectivity index (χ3n) is 4.76. The molecule has 0 radical (unpaired) electrons.